The van der Waals surface area contributed by atoms with Gasteiger partial charge in [0.1, 0.15) is 5.75 Å². The molecule has 0 radical (unpaired) electrons. The first kappa shape index (κ1) is 13.9. The van der Waals surface area contributed by atoms with Gasteiger partial charge in [-0.15, -0.1) is 0 Å². The number of ether oxygens (including phenoxy) is 1. The van der Waals surface area contributed by atoms with Gasteiger partial charge in [0.15, 0.2) is 12.2 Å². The molecule has 0 saturated carbocycles. The third-order valence-electron chi connectivity index (χ3n) is 4.53. The van der Waals surface area contributed by atoms with Crippen LogP contribution in [0, 0.1) is 0 Å². The highest BCUT2D eigenvalue weighted by atomic mass is 16.5. The van der Waals surface area contributed by atoms with Gasteiger partial charge in [-0.25, -0.2) is 9.79 Å². The van der Waals surface area contributed by atoms with Crippen molar-refractivity contribution in [2.45, 2.75) is 12.2 Å². The normalized spacial score (nSPS) is 26.0. The molecule has 8 nitrogen and oxygen atoms in total. The Morgan fingerprint density at radius 3 is 2.65 bits per heavy atom. The zero-order valence-corrected chi connectivity index (χ0v) is 12.9. The van der Waals surface area contributed by atoms with Crippen LogP contribution in [0.2, 0.25) is 0 Å². The molecule has 2 atom stereocenters. The number of urea groups is 1. The summed E-state index contributed by atoms with van der Waals surface area (Å²) in [7, 11) is 3.28. The Morgan fingerprint density at radius 1 is 1.22 bits per heavy atom. The minimum absolute atomic E-state index is 0.284. The molecule has 120 valence electrons. The van der Waals surface area contributed by atoms with Crippen LogP contribution in [0.5, 0.6) is 5.75 Å². The zero-order chi connectivity index (χ0) is 16.1. The molecule has 1 N–H and O–H groups in total. The van der Waals surface area contributed by atoms with Gasteiger partial charge >= 0.3 is 6.03 Å². The van der Waals surface area contributed by atoms with Crippen LogP contribution in [-0.2, 0) is 4.79 Å². The molecule has 3 aliphatic heterocycles. The van der Waals surface area contributed by atoms with Crippen LogP contribution >= 0.6 is 0 Å². The summed E-state index contributed by atoms with van der Waals surface area (Å²) in [4.78, 5) is 34.1. The standard InChI is InChI=1S/C15H17N5O3/c1-18-12-11(13(21)17-15(18)22)20-8-7-19(14(20)16-12)9-3-5-10(23-2)6-4-9/h3-6,11-12H,7-8H2,1-2H3,(H,17,21,22). The lowest BCUT2D eigenvalue weighted by Crippen LogP contribution is -2.63. The predicted molar refractivity (Wildman–Crippen MR) is 83.4 cm³/mol. The molecule has 0 aliphatic carbocycles. The van der Waals surface area contributed by atoms with Crippen molar-refractivity contribution in [2.75, 3.05) is 32.1 Å². The second kappa shape index (κ2) is 4.87. The molecule has 0 spiro atoms. The van der Waals surface area contributed by atoms with Crippen LogP contribution in [-0.4, -0.2) is 67.2 Å². The smallest absolute Gasteiger partial charge is 0.325 e. The van der Waals surface area contributed by atoms with E-state index in [2.05, 4.69) is 15.2 Å². The topological polar surface area (TPSA) is 77.5 Å². The summed E-state index contributed by atoms with van der Waals surface area (Å²) in [6.45, 7) is 1.45. The van der Waals surface area contributed by atoms with Crippen molar-refractivity contribution >= 4 is 23.6 Å². The number of likely N-dealkylation sites (N-methyl/N-ethyl adjacent to an activating group) is 1. The van der Waals surface area contributed by atoms with Gasteiger partial charge in [-0.1, -0.05) is 0 Å². The fraction of sp³-hybridized carbons (Fsp3) is 0.400. The van der Waals surface area contributed by atoms with E-state index in [1.54, 1.807) is 14.2 Å². The minimum atomic E-state index is -0.465. The van der Waals surface area contributed by atoms with Gasteiger partial charge in [0.05, 0.1) is 7.11 Å². The van der Waals surface area contributed by atoms with Gasteiger partial charge in [-0.05, 0) is 24.3 Å². The Hall–Kier alpha value is -2.77. The van der Waals surface area contributed by atoms with E-state index < -0.39 is 18.2 Å². The quantitative estimate of drug-likeness (QED) is 0.835. The maximum Gasteiger partial charge on any atom is 0.325 e. The summed E-state index contributed by atoms with van der Waals surface area (Å²) in [6.07, 6.45) is -0.465. The molecular weight excluding hydrogens is 298 g/mol. The number of carbonyl (C=O) groups excluding carboxylic acids is 2. The number of hydrogen-bond acceptors (Lipinski definition) is 6. The number of aliphatic imine (C=N–C) groups is 1. The van der Waals surface area contributed by atoms with E-state index in [-0.39, 0.29) is 5.91 Å². The number of amides is 3. The molecule has 2 unspecified atom stereocenters. The number of benzene rings is 1. The molecule has 3 heterocycles. The SMILES string of the molecule is COc1ccc(N2CCN3C2=NC2C3C(=O)NC(=O)N2C)cc1. The van der Waals surface area contributed by atoms with E-state index in [0.29, 0.717) is 6.54 Å². The zero-order valence-electron chi connectivity index (χ0n) is 12.9. The third kappa shape index (κ3) is 1.94. The number of nitrogens with zero attached hydrogens (tertiary/aromatic N) is 4. The Balaban J connectivity index is 1.66. The molecule has 23 heavy (non-hydrogen) atoms. The maximum absolute atomic E-state index is 12.2. The van der Waals surface area contributed by atoms with Crippen LogP contribution in [0.3, 0.4) is 0 Å². The van der Waals surface area contributed by atoms with Crippen LogP contribution < -0.4 is 15.0 Å². The minimum Gasteiger partial charge on any atom is -0.497 e. The highest BCUT2D eigenvalue weighted by Crippen LogP contribution is 2.31. The molecular formula is C15H17N5O3. The summed E-state index contributed by atoms with van der Waals surface area (Å²) in [5, 5.41) is 2.38. The molecule has 8 heteroatoms. The number of fused-ring (bicyclic) bond motifs is 3. The number of nitrogens with one attached hydrogen (secondary N) is 1. The van der Waals surface area contributed by atoms with E-state index in [9.17, 15) is 9.59 Å². The Bertz CT molecular complexity index is 702. The predicted octanol–water partition coefficient (Wildman–Crippen LogP) is 0.0631. The second-order valence-electron chi connectivity index (χ2n) is 5.74. The summed E-state index contributed by atoms with van der Waals surface area (Å²) in [5.41, 5.74) is 0.986. The van der Waals surface area contributed by atoms with Crippen molar-refractivity contribution in [3.05, 3.63) is 24.3 Å². The average Bonchev–Trinajstić information content (AvgIpc) is 3.12. The lowest BCUT2D eigenvalue weighted by molar-refractivity contribution is -0.126. The van der Waals surface area contributed by atoms with Crippen molar-refractivity contribution in [3.8, 4) is 5.75 Å². The maximum atomic E-state index is 12.2. The van der Waals surface area contributed by atoms with Crippen molar-refractivity contribution < 1.29 is 14.3 Å². The molecule has 1 aromatic rings. The largest absolute Gasteiger partial charge is 0.497 e. The van der Waals surface area contributed by atoms with E-state index >= 15 is 0 Å². The summed E-state index contributed by atoms with van der Waals surface area (Å²) in [5.74, 6) is 1.24. The molecule has 0 aromatic heterocycles. The Morgan fingerprint density at radius 2 is 1.96 bits per heavy atom. The molecule has 3 aliphatic rings. The first-order chi connectivity index (χ1) is 11.1. The van der Waals surface area contributed by atoms with Gasteiger partial charge in [-0.2, -0.15) is 0 Å². The monoisotopic (exact) mass is 315 g/mol. The lowest BCUT2D eigenvalue weighted by atomic mass is 10.1. The van der Waals surface area contributed by atoms with E-state index in [1.807, 2.05) is 29.2 Å². The lowest BCUT2D eigenvalue weighted by Gasteiger charge is -2.34. The highest BCUT2D eigenvalue weighted by Gasteiger charge is 2.51. The molecule has 0 bridgehead atoms. The van der Waals surface area contributed by atoms with E-state index in [4.69, 9.17) is 4.74 Å². The van der Waals surface area contributed by atoms with Gasteiger partial charge in [0.2, 0.25) is 5.96 Å². The van der Waals surface area contributed by atoms with Gasteiger partial charge < -0.3 is 19.4 Å². The summed E-state index contributed by atoms with van der Waals surface area (Å²) >= 11 is 0. The summed E-state index contributed by atoms with van der Waals surface area (Å²) < 4.78 is 5.18. The number of carbonyl (C=O) groups is 2. The van der Waals surface area contributed by atoms with Crippen LogP contribution in [0.1, 0.15) is 0 Å². The first-order valence-corrected chi connectivity index (χ1v) is 7.44. The average molecular weight is 315 g/mol. The van der Waals surface area contributed by atoms with E-state index in [0.717, 1.165) is 23.9 Å². The molecule has 2 saturated heterocycles. The number of hydrogen-bond donors (Lipinski definition) is 1. The van der Waals surface area contributed by atoms with Crippen molar-refractivity contribution in [1.82, 2.24) is 15.1 Å². The number of anilines is 1. The summed E-state index contributed by atoms with van der Waals surface area (Å²) in [6, 6.07) is 6.85. The van der Waals surface area contributed by atoms with Gasteiger partial charge in [-0.3, -0.25) is 10.1 Å². The fourth-order valence-electron chi connectivity index (χ4n) is 3.29. The second-order valence-corrected chi connectivity index (χ2v) is 5.74. The van der Waals surface area contributed by atoms with E-state index in [1.165, 1.54) is 4.90 Å². The molecule has 1 aromatic carbocycles. The van der Waals surface area contributed by atoms with Gasteiger partial charge in [0, 0.05) is 25.8 Å². The third-order valence-corrected chi connectivity index (χ3v) is 4.53. The number of rotatable bonds is 2. The first-order valence-electron chi connectivity index (χ1n) is 7.44. The Labute approximate surface area is 133 Å². The molecule has 4 rings (SSSR count). The molecule has 2 fully saturated rings. The Kier molecular flexibility index (Phi) is 2.93. The van der Waals surface area contributed by atoms with Crippen molar-refractivity contribution in [3.63, 3.8) is 0 Å². The van der Waals surface area contributed by atoms with Crippen LogP contribution in [0.15, 0.2) is 29.3 Å². The van der Waals surface area contributed by atoms with Crippen molar-refractivity contribution in [2.24, 2.45) is 4.99 Å². The number of guanidine groups is 1. The number of imide groups is 1. The van der Waals surface area contributed by atoms with Crippen LogP contribution in [0.4, 0.5) is 10.5 Å². The highest BCUT2D eigenvalue weighted by molar-refractivity contribution is 6.07. The van der Waals surface area contributed by atoms with Crippen molar-refractivity contribution in [1.29, 1.82) is 0 Å². The van der Waals surface area contributed by atoms with Gasteiger partial charge in [0.25, 0.3) is 5.91 Å². The fourth-order valence-corrected chi connectivity index (χ4v) is 3.29. The molecule has 3 amide bonds. The van der Waals surface area contributed by atoms with Crippen LogP contribution in [0.25, 0.3) is 0 Å². The number of methoxy groups -OCH3 is 1.